The first-order chi connectivity index (χ1) is 9.70. The van der Waals surface area contributed by atoms with E-state index in [0.717, 1.165) is 19.3 Å². The molecule has 3 rings (SSSR count). The van der Waals surface area contributed by atoms with E-state index in [0.29, 0.717) is 0 Å². The molecular weight excluding hydrogens is 244 g/mol. The van der Waals surface area contributed by atoms with Gasteiger partial charge in [-0.3, -0.25) is 0 Å². The van der Waals surface area contributed by atoms with Crippen molar-refractivity contribution in [1.29, 1.82) is 0 Å². The van der Waals surface area contributed by atoms with E-state index < -0.39 is 0 Å². The highest BCUT2D eigenvalue weighted by molar-refractivity contribution is 5.41. The van der Waals surface area contributed by atoms with E-state index in [9.17, 15) is 0 Å². The quantitative estimate of drug-likeness (QED) is 0.891. The summed E-state index contributed by atoms with van der Waals surface area (Å²) in [6.45, 7) is 6.04. The number of hydrogen-bond acceptors (Lipinski definition) is 2. The van der Waals surface area contributed by atoms with E-state index in [-0.39, 0.29) is 11.0 Å². The predicted octanol–water partition coefficient (Wildman–Crippen LogP) is 3.31. The lowest BCUT2D eigenvalue weighted by Crippen LogP contribution is -2.39. The molecule has 1 aliphatic heterocycles. The highest BCUT2D eigenvalue weighted by atomic mass is 15.1. The number of rotatable bonds is 5. The van der Waals surface area contributed by atoms with Gasteiger partial charge < -0.3 is 10.6 Å². The lowest BCUT2D eigenvalue weighted by atomic mass is 9.87. The third kappa shape index (κ3) is 2.40. The summed E-state index contributed by atoms with van der Waals surface area (Å²) >= 11 is 0. The largest absolute Gasteiger partial charge is 0.324 e. The molecule has 1 saturated carbocycles. The van der Waals surface area contributed by atoms with Crippen LogP contribution in [0.5, 0.6) is 0 Å². The van der Waals surface area contributed by atoms with Crippen molar-refractivity contribution in [3.8, 4) is 0 Å². The second-order valence-corrected chi connectivity index (χ2v) is 6.79. The number of benzene rings is 1. The van der Waals surface area contributed by atoms with Gasteiger partial charge in [-0.05, 0) is 57.3 Å². The molecular formula is C18H28N2. The molecule has 2 aliphatic rings. The van der Waals surface area contributed by atoms with Crippen LogP contribution in [0, 0.1) is 0 Å². The molecule has 0 aromatic heterocycles. The normalized spacial score (nSPS) is 34.1. The Morgan fingerprint density at radius 3 is 2.45 bits per heavy atom. The second kappa shape index (κ2) is 5.50. The van der Waals surface area contributed by atoms with E-state index in [1.54, 1.807) is 0 Å². The van der Waals surface area contributed by atoms with Crippen LogP contribution in [0.25, 0.3) is 0 Å². The number of hydrogen-bond donors (Lipinski definition) is 1. The summed E-state index contributed by atoms with van der Waals surface area (Å²) < 4.78 is 0. The zero-order valence-corrected chi connectivity index (χ0v) is 12.8. The topological polar surface area (TPSA) is 29.3 Å². The number of piperidine rings is 1. The third-order valence-electron chi connectivity index (χ3n) is 5.70. The highest BCUT2D eigenvalue weighted by Gasteiger charge is 2.63. The molecule has 0 radical (unpaired) electrons. The standard InChI is InChI=1S/C18H28N2/c1-2-17(16-9-5-3-6-10-16)15-18(17,19)11-14-20-12-7-4-8-13-20/h3,5-6,9-10H,2,4,7-8,11-15,19H2,1H3/t17-,18-/m1/s1. The maximum Gasteiger partial charge on any atom is 0.0274 e. The predicted molar refractivity (Wildman–Crippen MR) is 84.9 cm³/mol. The van der Waals surface area contributed by atoms with Crippen molar-refractivity contribution in [3.63, 3.8) is 0 Å². The fraction of sp³-hybridized carbons (Fsp3) is 0.667. The Bertz CT molecular complexity index is 438. The van der Waals surface area contributed by atoms with E-state index >= 15 is 0 Å². The average Bonchev–Trinajstić information content (AvgIpc) is 3.14. The van der Waals surface area contributed by atoms with E-state index in [4.69, 9.17) is 5.73 Å². The molecule has 1 heterocycles. The minimum Gasteiger partial charge on any atom is -0.324 e. The molecule has 1 aromatic rings. The van der Waals surface area contributed by atoms with Gasteiger partial charge in [-0.2, -0.15) is 0 Å². The van der Waals surface area contributed by atoms with Crippen molar-refractivity contribution in [2.24, 2.45) is 5.73 Å². The third-order valence-corrected chi connectivity index (χ3v) is 5.70. The summed E-state index contributed by atoms with van der Waals surface area (Å²) in [6, 6.07) is 10.9. The smallest absolute Gasteiger partial charge is 0.0274 e. The van der Waals surface area contributed by atoms with E-state index in [1.807, 2.05) is 0 Å². The van der Waals surface area contributed by atoms with Crippen LogP contribution in [0.15, 0.2) is 30.3 Å². The first-order valence-corrected chi connectivity index (χ1v) is 8.27. The van der Waals surface area contributed by atoms with Crippen LogP contribution in [0.2, 0.25) is 0 Å². The Labute approximate surface area is 123 Å². The summed E-state index contributed by atoms with van der Waals surface area (Å²) in [5.74, 6) is 0. The number of nitrogens with zero attached hydrogens (tertiary/aromatic N) is 1. The van der Waals surface area contributed by atoms with Crippen molar-refractivity contribution in [3.05, 3.63) is 35.9 Å². The van der Waals surface area contributed by atoms with Crippen LogP contribution >= 0.6 is 0 Å². The maximum atomic E-state index is 6.76. The second-order valence-electron chi connectivity index (χ2n) is 6.79. The van der Waals surface area contributed by atoms with Gasteiger partial charge in [0.2, 0.25) is 0 Å². The molecule has 0 amide bonds. The van der Waals surface area contributed by atoms with Crippen LogP contribution < -0.4 is 5.73 Å². The molecule has 2 heteroatoms. The summed E-state index contributed by atoms with van der Waals surface area (Å²) in [7, 11) is 0. The summed E-state index contributed by atoms with van der Waals surface area (Å²) in [5, 5.41) is 0. The maximum absolute atomic E-state index is 6.76. The number of likely N-dealkylation sites (tertiary alicyclic amines) is 1. The molecule has 1 aromatic carbocycles. The van der Waals surface area contributed by atoms with Crippen molar-refractivity contribution >= 4 is 0 Å². The molecule has 0 spiro atoms. The first kappa shape index (κ1) is 14.1. The first-order valence-electron chi connectivity index (χ1n) is 8.27. The lowest BCUT2D eigenvalue weighted by molar-refractivity contribution is 0.215. The minimum absolute atomic E-state index is 0.0283. The molecule has 1 saturated heterocycles. The molecule has 20 heavy (non-hydrogen) atoms. The van der Waals surface area contributed by atoms with Crippen LogP contribution in [0.1, 0.15) is 51.0 Å². The molecule has 2 nitrogen and oxygen atoms in total. The van der Waals surface area contributed by atoms with Crippen LogP contribution in [-0.4, -0.2) is 30.1 Å². The zero-order valence-electron chi connectivity index (χ0n) is 12.8. The fourth-order valence-electron chi connectivity index (χ4n) is 4.19. The summed E-state index contributed by atoms with van der Waals surface area (Å²) in [6.07, 6.45) is 7.62. The van der Waals surface area contributed by atoms with Gasteiger partial charge in [0.15, 0.2) is 0 Å². The van der Waals surface area contributed by atoms with E-state index in [1.165, 1.54) is 44.5 Å². The molecule has 1 aliphatic carbocycles. The average molecular weight is 272 g/mol. The summed E-state index contributed by atoms with van der Waals surface area (Å²) in [5.41, 5.74) is 8.48. The van der Waals surface area contributed by atoms with Crippen molar-refractivity contribution < 1.29 is 0 Å². The monoisotopic (exact) mass is 272 g/mol. The minimum atomic E-state index is 0.0283. The summed E-state index contributed by atoms with van der Waals surface area (Å²) in [4.78, 5) is 2.61. The Kier molecular flexibility index (Phi) is 3.87. The molecule has 110 valence electrons. The Morgan fingerprint density at radius 1 is 1.10 bits per heavy atom. The molecule has 0 unspecified atom stereocenters. The molecule has 2 fully saturated rings. The van der Waals surface area contributed by atoms with Gasteiger partial charge >= 0.3 is 0 Å². The van der Waals surface area contributed by atoms with Gasteiger partial charge in [-0.25, -0.2) is 0 Å². The van der Waals surface area contributed by atoms with Gasteiger partial charge in [-0.1, -0.05) is 43.7 Å². The van der Waals surface area contributed by atoms with Gasteiger partial charge in [0, 0.05) is 11.0 Å². The van der Waals surface area contributed by atoms with Crippen LogP contribution in [0.4, 0.5) is 0 Å². The SMILES string of the molecule is CC[C@]1(c2ccccc2)C[C@]1(N)CCN1CCCCC1. The van der Waals surface area contributed by atoms with Gasteiger partial charge in [-0.15, -0.1) is 0 Å². The van der Waals surface area contributed by atoms with Crippen LogP contribution in [0.3, 0.4) is 0 Å². The molecule has 0 bridgehead atoms. The Balaban J connectivity index is 1.64. The molecule has 2 atom stereocenters. The van der Waals surface area contributed by atoms with Crippen molar-refractivity contribution in [1.82, 2.24) is 4.90 Å². The van der Waals surface area contributed by atoms with Gasteiger partial charge in [0.05, 0.1) is 0 Å². The van der Waals surface area contributed by atoms with E-state index in [2.05, 4.69) is 42.2 Å². The highest BCUT2D eigenvalue weighted by Crippen LogP contribution is 2.60. The Morgan fingerprint density at radius 2 is 1.80 bits per heavy atom. The fourth-order valence-corrected chi connectivity index (χ4v) is 4.19. The lowest BCUT2D eigenvalue weighted by Gasteiger charge is -2.29. The Hall–Kier alpha value is -0.860. The van der Waals surface area contributed by atoms with Crippen molar-refractivity contribution in [2.45, 2.75) is 56.4 Å². The zero-order chi connectivity index (χ0) is 14.1. The molecule has 2 N–H and O–H groups in total. The number of nitrogens with two attached hydrogens (primary N) is 1. The van der Waals surface area contributed by atoms with Crippen molar-refractivity contribution in [2.75, 3.05) is 19.6 Å². The van der Waals surface area contributed by atoms with Gasteiger partial charge in [0.1, 0.15) is 0 Å². The van der Waals surface area contributed by atoms with Crippen LogP contribution in [-0.2, 0) is 5.41 Å². The van der Waals surface area contributed by atoms with Gasteiger partial charge in [0.25, 0.3) is 0 Å².